The molecule has 0 saturated heterocycles. The van der Waals surface area contributed by atoms with Gasteiger partial charge in [-0.1, -0.05) is 6.08 Å². The molecule has 0 amide bonds. The lowest BCUT2D eigenvalue weighted by atomic mass is 10.0. The average molecular weight is 240 g/mol. The second-order valence-electron chi connectivity index (χ2n) is 4.23. The van der Waals surface area contributed by atoms with Gasteiger partial charge in [-0.2, -0.15) is 0 Å². The zero-order valence-electron chi connectivity index (χ0n) is 10.5. The minimum atomic E-state index is -0.311. The average Bonchev–Trinajstić information content (AvgIpc) is 2.65. The van der Waals surface area contributed by atoms with Crippen LogP contribution in [0.1, 0.15) is 39.5 Å². The Morgan fingerprint density at radius 3 is 2.76 bits per heavy atom. The third kappa shape index (κ3) is 5.02. The van der Waals surface area contributed by atoms with E-state index in [0.29, 0.717) is 12.5 Å². The van der Waals surface area contributed by atoms with Crippen LogP contribution in [0, 0.1) is 5.92 Å². The number of carbonyl (C=O) groups is 2. The maximum Gasteiger partial charge on any atom is 0.330 e. The van der Waals surface area contributed by atoms with E-state index in [4.69, 9.17) is 9.47 Å². The summed E-state index contributed by atoms with van der Waals surface area (Å²) in [6, 6.07) is 0. The van der Waals surface area contributed by atoms with E-state index in [1.807, 2.05) is 6.08 Å². The molecule has 0 aromatic heterocycles. The van der Waals surface area contributed by atoms with Crippen molar-refractivity contribution in [1.29, 1.82) is 0 Å². The third-order valence-corrected chi connectivity index (χ3v) is 2.89. The van der Waals surface area contributed by atoms with Gasteiger partial charge >= 0.3 is 11.9 Å². The summed E-state index contributed by atoms with van der Waals surface area (Å²) in [5, 5.41) is 0. The van der Waals surface area contributed by atoms with Gasteiger partial charge in [-0.3, -0.25) is 4.79 Å². The molecule has 0 spiro atoms. The van der Waals surface area contributed by atoms with Crippen molar-refractivity contribution in [3.8, 4) is 0 Å². The van der Waals surface area contributed by atoms with Gasteiger partial charge in [0.1, 0.15) is 6.10 Å². The van der Waals surface area contributed by atoms with E-state index in [2.05, 4.69) is 0 Å². The minimum absolute atomic E-state index is 0.0133. The van der Waals surface area contributed by atoms with Gasteiger partial charge < -0.3 is 9.47 Å². The molecule has 0 bridgehead atoms. The monoisotopic (exact) mass is 240 g/mol. The first-order chi connectivity index (χ1) is 8.13. The number of allylic oxidation sites excluding steroid dienone is 1. The Kier molecular flexibility index (Phi) is 5.73. The van der Waals surface area contributed by atoms with E-state index in [9.17, 15) is 9.59 Å². The molecule has 1 rings (SSSR count). The first kappa shape index (κ1) is 13.7. The topological polar surface area (TPSA) is 52.6 Å². The fraction of sp³-hybridized carbons (Fsp3) is 0.692. The molecule has 0 aromatic carbocycles. The summed E-state index contributed by atoms with van der Waals surface area (Å²) >= 11 is 0. The van der Waals surface area contributed by atoms with Crippen LogP contribution in [0.5, 0.6) is 0 Å². The molecule has 1 aliphatic carbocycles. The molecule has 96 valence electrons. The minimum Gasteiger partial charge on any atom is -0.463 e. The summed E-state index contributed by atoms with van der Waals surface area (Å²) in [5.74, 6) is -0.199. The molecule has 0 unspecified atom stereocenters. The van der Waals surface area contributed by atoms with Crippen molar-refractivity contribution in [3.63, 3.8) is 0 Å². The number of rotatable bonds is 5. The maximum atomic E-state index is 11.1. The van der Waals surface area contributed by atoms with Crippen LogP contribution in [0.25, 0.3) is 0 Å². The smallest absolute Gasteiger partial charge is 0.330 e. The maximum absolute atomic E-state index is 11.1. The summed E-state index contributed by atoms with van der Waals surface area (Å²) in [6.45, 7) is 3.60. The third-order valence-electron chi connectivity index (χ3n) is 2.89. The molecule has 1 saturated carbocycles. The van der Waals surface area contributed by atoms with Crippen LogP contribution in [0.3, 0.4) is 0 Å². The zero-order valence-corrected chi connectivity index (χ0v) is 10.5. The van der Waals surface area contributed by atoms with Crippen LogP contribution in [0.4, 0.5) is 0 Å². The van der Waals surface area contributed by atoms with Crippen molar-refractivity contribution in [2.75, 3.05) is 6.61 Å². The lowest BCUT2D eigenvalue weighted by Crippen LogP contribution is -2.20. The Labute approximate surface area is 102 Å². The molecule has 1 aliphatic rings. The van der Waals surface area contributed by atoms with Gasteiger partial charge in [-0.05, 0) is 38.5 Å². The predicted molar refractivity (Wildman–Crippen MR) is 63.3 cm³/mol. The largest absolute Gasteiger partial charge is 0.463 e. The molecule has 0 radical (unpaired) electrons. The number of ether oxygens (including phenoxy) is 2. The normalized spacial score (nSPS) is 23.9. The molecule has 0 heterocycles. The van der Waals surface area contributed by atoms with Crippen molar-refractivity contribution in [3.05, 3.63) is 12.2 Å². The molecule has 0 aromatic rings. The van der Waals surface area contributed by atoms with Crippen LogP contribution >= 0.6 is 0 Å². The molecular formula is C13H20O4. The molecule has 1 fully saturated rings. The van der Waals surface area contributed by atoms with Crippen LogP contribution in [-0.4, -0.2) is 24.6 Å². The fourth-order valence-electron chi connectivity index (χ4n) is 2.17. The van der Waals surface area contributed by atoms with E-state index >= 15 is 0 Å². The van der Waals surface area contributed by atoms with Crippen molar-refractivity contribution >= 4 is 11.9 Å². The number of carbonyl (C=O) groups excluding carboxylic acids is 2. The second-order valence-corrected chi connectivity index (χ2v) is 4.23. The second kappa shape index (κ2) is 7.09. The van der Waals surface area contributed by atoms with E-state index < -0.39 is 0 Å². The summed E-state index contributed by atoms with van der Waals surface area (Å²) < 4.78 is 10.0. The van der Waals surface area contributed by atoms with Crippen LogP contribution in [0.2, 0.25) is 0 Å². The van der Waals surface area contributed by atoms with Crippen LogP contribution in [0.15, 0.2) is 12.2 Å². The highest BCUT2D eigenvalue weighted by Crippen LogP contribution is 2.31. The van der Waals surface area contributed by atoms with Gasteiger partial charge in [0.2, 0.25) is 0 Å². The summed E-state index contributed by atoms with van der Waals surface area (Å²) in [7, 11) is 0. The van der Waals surface area contributed by atoms with Crippen LogP contribution < -0.4 is 0 Å². The van der Waals surface area contributed by atoms with E-state index in [1.54, 1.807) is 6.92 Å². The summed E-state index contributed by atoms with van der Waals surface area (Å²) in [6.07, 6.45) is 7.09. The number of esters is 2. The van der Waals surface area contributed by atoms with Gasteiger partial charge in [0, 0.05) is 13.0 Å². The molecule has 0 aliphatic heterocycles. The standard InChI is InChI=1S/C13H20O4/c1-3-16-13(15)9-5-7-11-6-4-8-12(11)17-10(2)14/h5,9,11-12H,3-4,6-8H2,1-2H3/b9-5+/t11-,12-/m1/s1. The Morgan fingerprint density at radius 1 is 1.35 bits per heavy atom. The lowest BCUT2D eigenvalue weighted by Gasteiger charge is -2.17. The zero-order chi connectivity index (χ0) is 12.7. The highest BCUT2D eigenvalue weighted by atomic mass is 16.5. The molecule has 4 nitrogen and oxygen atoms in total. The van der Waals surface area contributed by atoms with E-state index in [0.717, 1.165) is 25.7 Å². The Morgan fingerprint density at radius 2 is 2.12 bits per heavy atom. The quantitative estimate of drug-likeness (QED) is 0.546. The Bertz CT molecular complexity index is 296. The van der Waals surface area contributed by atoms with E-state index in [-0.39, 0.29) is 18.0 Å². The van der Waals surface area contributed by atoms with Crippen molar-refractivity contribution < 1.29 is 19.1 Å². The predicted octanol–water partition coefficient (Wildman–Crippen LogP) is 2.23. The van der Waals surface area contributed by atoms with Gasteiger partial charge in [0.05, 0.1) is 6.61 Å². The summed E-state index contributed by atoms with van der Waals surface area (Å²) in [4.78, 5) is 22.0. The Balaban J connectivity index is 2.34. The molecule has 17 heavy (non-hydrogen) atoms. The first-order valence-corrected chi connectivity index (χ1v) is 6.14. The number of hydrogen-bond acceptors (Lipinski definition) is 4. The van der Waals surface area contributed by atoms with Gasteiger partial charge in [0.25, 0.3) is 0 Å². The molecule has 4 heteroatoms. The fourth-order valence-corrected chi connectivity index (χ4v) is 2.17. The molecule has 2 atom stereocenters. The SMILES string of the molecule is CCOC(=O)/C=C/C[C@H]1CCC[C@H]1OC(C)=O. The van der Waals surface area contributed by atoms with Gasteiger partial charge in [-0.25, -0.2) is 4.79 Å². The highest BCUT2D eigenvalue weighted by Gasteiger charge is 2.28. The molecule has 0 N–H and O–H groups in total. The van der Waals surface area contributed by atoms with Crippen molar-refractivity contribution in [2.45, 2.75) is 45.6 Å². The van der Waals surface area contributed by atoms with Gasteiger partial charge in [0.15, 0.2) is 0 Å². The van der Waals surface area contributed by atoms with Crippen LogP contribution in [-0.2, 0) is 19.1 Å². The van der Waals surface area contributed by atoms with Gasteiger partial charge in [-0.15, -0.1) is 0 Å². The van der Waals surface area contributed by atoms with Crippen molar-refractivity contribution in [1.82, 2.24) is 0 Å². The van der Waals surface area contributed by atoms with Crippen molar-refractivity contribution in [2.24, 2.45) is 5.92 Å². The van der Waals surface area contributed by atoms with E-state index in [1.165, 1.54) is 13.0 Å². The molecular weight excluding hydrogens is 220 g/mol. The lowest BCUT2D eigenvalue weighted by molar-refractivity contribution is -0.148. The highest BCUT2D eigenvalue weighted by molar-refractivity contribution is 5.81. The Hall–Kier alpha value is -1.32. The first-order valence-electron chi connectivity index (χ1n) is 6.14. The summed E-state index contributed by atoms with van der Waals surface area (Å²) in [5.41, 5.74) is 0. The number of hydrogen-bond donors (Lipinski definition) is 0.